The van der Waals surface area contributed by atoms with Gasteiger partial charge in [0.1, 0.15) is 12.6 Å². The summed E-state index contributed by atoms with van der Waals surface area (Å²) < 4.78 is 5.65. The van der Waals surface area contributed by atoms with Crippen molar-refractivity contribution in [3.8, 4) is 11.1 Å². The van der Waals surface area contributed by atoms with Crippen molar-refractivity contribution >= 4 is 18.0 Å². The fourth-order valence-electron chi connectivity index (χ4n) is 5.05. The molecule has 2 aromatic carbocycles. The van der Waals surface area contributed by atoms with Gasteiger partial charge in [-0.1, -0.05) is 62.4 Å². The molecule has 0 bridgehead atoms. The van der Waals surface area contributed by atoms with E-state index in [1.54, 1.807) is 0 Å². The Morgan fingerprint density at radius 3 is 2.12 bits per heavy atom. The summed E-state index contributed by atoms with van der Waals surface area (Å²) in [5.74, 6) is -1.31. The lowest BCUT2D eigenvalue weighted by molar-refractivity contribution is -0.142. The van der Waals surface area contributed by atoms with Gasteiger partial charge in [-0.05, 0) is 53.9 Å². The zero-order valence-corrected chi connectivity index (χ0v) is 19.7. The van der Waals surface area contributed by atoms with Crippen molar-refractivity contribution in [1.82, 2.24) is 10.6 Å². The van der Waals surface area contributed by atoms with Crippen LogP contribution in [0.15, 0.2) is 48.5 Å². The maximum absolute atomic E-state index is 12.7. The minimum atomic E-state index is -1.05. The molecule has 180 valence electrons. The number of aliphatic carboxylic acids is 1. The topological polar surface area (TPSA) is 105 Å². The van der Waals surface area contributed by atoms with Gasteiger partial charge in [0.15, 0.2) is 0 Å². The monoisotopic (exact) mass is 464 g/mol. The van der Waals surface area contributed by atoms with E-state index in [-0.39, 0.29) is 30.8 Å². The smallest absolute Gasteiger partial charge is 0.407 e. The molecule has 1 atom stereocenters. The van der Waals surface area contributed by atoms with Gasteiger partial charge >= 0.3 is 12.1 Å². The number of hydrogen-bond donors (Lipinski definition) is 3. The third kappa shape index (κ3) is 5.08. The summed E-state index contributed by atoms with van der Waals surface area (Å²) >= 11 is 0. The van der Waals surface area contributed by atoms with Gasteiger partial charge in [0, 0.05) is 12.3 Å². The maximum Gasteiger partial charge on any atom is 0.407 e. The van der Waals surface area contributed by atoms with E-state index in [0.29, 0.717) is 19.3 Å². The van der Waals surface area contributed by atoms with Crippen LogP contribution in [0.25, 0.3) is 11.1 Å². The zero-order chi connectivity index (χ0) is 24.3. The summed E-state index contributed by atoms with van der Waals surface area (Å²) in [6, 6.07) is 15.4. The van der Waals surface area contributed by atoms with Gasteiger partial charge in [-0.25, -0.2) is 9.59 Å². The van der Waals surface area contributed by atoms with Crippen LogP contribution < -0.4 is 10.6 Å². The van der Waals surface area contributed by atoms with Gasteiger partial charge in [0.05, 0.1) is 5.54 Å². The summed E-state index contributed by atoms with van der Waals surface area (Å²) in [5.41, 5.74) is 3.91. The molecule has 0 spiro atoms. The first-order valence-electron chi connectivity index (χ1n) is 11.9. The molecule has 0 saturated heterocycles. The fraction of sp³-hybridized carbons (Fsp3) is 0.444. The Bertz CT molecular complexity index is 1030. The number of rotatable bonds is 9. The number of fused-ring (bicyclic) bond motifs is 3. The van der Waals surface area contributed by atoms with Crippen molar-refractivity contribution in [2.75, 3.05) is 6.61 Å². The molecule has 7 heteroatoms. The zero-order valence-electron chi connectivity index (χ0n) is 19.7. The second-order valence-corrected chi connectivity index (χ2v) is 9.85. The lowest BCUT2D eigenvalue weighted by Crippen LogP contribution is -2.57. The second-order valence-electron chi connectivity index (χ2n) is 9.85. The number of benzene rings is 2. The molecule has 0 aromatic heterocycles. The van der Waals surface area contributed by atoms with E-state index in [9.17, 15) is 19.5 Å². The summed E-state index contributed by atoms with van der Waals surface area (Å²) in [6.45, 7) is 4.03. The molecule has 2 amide bonds. The standard InChI is InChI=1S/C27H32N2O5/c1-17(2)14-23(25(31)32)28-24(30)15-27(12-7-13-27)29-26(33)34-16-22-20-10-5-3-8-18(20)19-9-4-6-11-21(19)22/h3-6,8-11,17,22-23H,7,12-16H2,1-2H3,(H,28,30)(H,29,33)(H,31,32)/t23-/m0/s1. The van der Waals surface area contributed by atoms with Crippen molar-refractivity contribution in [3.63, 3.8) is 0 Å². The third-order valence-electron chi connectivity index (χ3n) is 6.86. The molecule has 2 aromatic rings. The van der Waals surface area contributed by atoms with Crippen LogP contribution in [0.4, 0.5) is 4.79 Å². The summed E-state index contributed by atoms with van der Waals surface area (Å²) in [6.07, 6.45) is 2.06. The summed E-state index contributed by atoms with van der Waals surface area (Å²) in [4.78, 5) is 36.8. The first kappa shape index (κ1) is 23.8. The van der Waals surface area contributed by atoms with Crippen molar-refractivity contribution in [3.05, 3.63) is 59.7 Å². The number of carbonyl (C=O) groups excluding carboxylic acids is 2. The van der Waals surface area contributed by atoms with E-state index < -0.39 is 23.6 Å². The van der Waals surface area contributed by atoms with E-state index in [4.69, 9.17) is 4.74 Å². The van der Waals surface area contributed by atoms with E-state index in [2.05, 4.69) is 34.9 Å². The molecule has 0 aliphatic heterocycles. The van der Waals surface area contributed by atoms with Crippen molar-refractivity contribution < 1.29 is 24.2 Å². The van der Waals surface area contributed by atoms with Crippen molar-refractivity contribution in [2.45, 2.75) is 63.5 Å². The highest BCUT2D eigenvalue weighted by molar-refractivity contribution is 5.85. The predicted octanol–water partition coefficient (Wildman–Crippen LogP) is 4.45. The third-order valence-corrected chi connectivity index (χ3v) is 6.86. The number of nitrogens with one attached hydrogen (secondary N) is 2. The first-order chi connectivity index (χ1) is 16.3. The molecule has 3 N–H and O–H groups in total. The normalized spacial score (nSPS) is 16.7. The number of carboxylic acids is 1. The average molecular weight is 465 g/mol. The Balaban J connectivity index is 1.36. The number of ether oxygens (including phenoxy) is 1. The van der Waals surface area contributed by atoms with E-state index in [0.717, 1.165) is 28.7 Å². The van der Waals surface area contributed by atoms with Crippen molar-refractivity contribution in [2.24, 2.45) is 5.92 Å². The highest BCUT2D eigenvalue weighted by Crippen LogP contribution is 2.44. The van der Waals surface area contributed by atoms with Crippen LogP contribution in [0.3, 0.4) is 0 Å². The fourth-order valence-corrected chi connectivity index (χ4v) is 5.05. The van der Waals surface area contributed by atoms with Gasteiger partial charge < -0.3 is 20.5 Å². The molecular weight excluding hydrogens is 432 g/mol. The van der Waals surface area contributed by atoms with Crippen LogP contribution in [0, 0.1) is 5.92 Å². The van der Waals surface area contributed by atoms with Crippen LogP contribution in [-0.4, -0.2) is 41.3 Å². The Labute approximate surface area is 199 Å². The molecule has 0 unspecified atom stereocenters. The number of amides is 2. The number of carboxylic acid groups (broad SMARTS) is 1. The van der Waals surface area contributed by atoms with Gasteiger partial charge in [0.2, 0.25) is 5.91 Å². The molecule has 34 heavy (non-hydrogen) atoms. The minimum absolute atomic E-state index is 0.0360. The largest absolute Gasteiger partial charge is 0.480 e. The molecule has 1 fully saturated rings. The second kappa shape index (κ2) is 9.87. The summed E-state index contributed by atoms with van der Waals surface area (Å²) in [7, 11) is 0. The van der Waals surface area contributed by atoms with Gasteiger partial charge in [-0.3, -0.25) is 4.79 Å². The van der Waals surface area contributed by atoms with E-state index in [1.165, 1.54) is 0 Å². The van der Waals surface area contributed by atoms with Crippen LogP contribution in [0.1, 0.15) is 63.0 Å². The Morgan fingerprint density at radius 2 is 1.62 bits per heavy atom. The Morgan fingerprint density at radius 1 is 1.03 bits per heavy atom. The van der Waals surface area contributed by atoms with Gasteiger partial charge in [-0.15, -0.1) is 0 Å². The first-order valence-corrected chi connectivity index (χ1v) is 11.9. The molecule has 2 aliphatic carbocycles. The van der Waals surface area contributed by atoms with Crippen molar-refractivity contribution in [1.29, 1.82) is 0 Å². The minimum Gasteiger partial charge on any atom is -0.480 e. The van der Waals surface area contributed by atoms with E-state index in [1.807, 2.05) is 38.1 Å². The molecule has 7 nitrogen and oxygen atoms in total. The quantitative estimate of drug-likeness (QED) is 0.508. The van der Waals surface area contributed by atoms with Crippen LogP contribution in [-0.2, 0) is 14.3 Å². The highest BCUT2D eigenvalue weighted by atomic mass is 16.5. The van der Waals surface area contributed by atoms with Gasteiger partial charge in [0.25, 0.3) is 0 Å². The summed E-state index contributed by atoms with van der Waals surface area (Å²) in [5, 5.41) is 14.9. The van der Waals surface area contributed by atoms with Gasteiger partial charge in [-0.2, -0.15) is 0 Å². The lowest BCUT2D eigenvalue weighted by Gasteiger charge is -2.41. The Kier molecular flexibility index (Phi) is 6.91. The molecule has 0 heterocycles. The number of hydrogen-bond acceptors (Lipinski definition) is 4. The molecule has 0 radical (unpaired) electrons. The van der Waals surface area contributed by atoms with Crippen LogP contribution >= 0.6 is 0 Å². The lowest BCUT2D eigenvalue weighted by atomic mass is 9.74. The molecule has 4 rings (SSSR count). The SMILES string of the molecule is CC(C)C[C@H](NC(=O)CC1(NC(=O)OCC2c3ccccc3-c3ccccc32)CCC1)C(=O)O. The predicted molar refractivity (Wildman–Crippen MR) is 128 cm³/mol. The highest BCUT2D eigenvalue weighted by Gasteiger charge is 2.41. The van der Waals surface area contributed by atoms with Crippen LogP contribution in [0.5, 0.6) is 0 Å². The maximum atomic E-state index is 12.7. The average Bonchev–Trinajstić information content (AvgIpc) is 3.09. The number of alkyl carbamates (subject to hydrolysis) is 1. The number of carbonyl (C=O) groups is 3. The Hall–Kier alpha value is -3.35. The molecule has 2 aliphatic rings. The molecular formula is C27H32N2O5. The van der Waals surface area contributed by atoms with E-state index >= 15 is 0 Å². The molecule has 1 saturated carbocycles. The van der Waals surface area contributed by atoms with Crippen LogP contribution in [0.2, 0.25) is 0 Å².